The van der Waals surface area contributed by atoms with Crippen molar-refractivity contribution >= 4 is 5.69 Å². The summed E-state index contributed by atoms with van der Waals surface area (Å²) in [6, 6.07) is 7.00. The molecule has 0 radical (unpaired) electrons. The summed E-state index contributed by atoms with van der Waals surface area (Å²) in [4.78, 5) is 0. The molecule has 4 N–H and O–H groups in total. The maximum Gasteiger partial charge on any atom is 0.101 e. The van der Waals surface area contributed by atoms with E-state index in [9.17, 15) is 0 Å². The molecule has 0 amide bonds. The van der Waals surface area contributed by atoms with E-state index >= 15 is 0 Å². The zero-order valence-electron chi connectivity index (χ0n) is 6.41. The fraction of sp³-hybridized carbons (Fsp3) is 0.125. The number of nitrogens with one attached hydrogen (secondary N) is 1. The first-order valence-electron chi connectivity index (χ1n) is 3.43. The van der Waals surface area contributed by atoms with Crippen molar-refractivity contribution in [1.29, 1.82) is 5.26 Å². The quantitative estimate of drug-likeness (QED) is 0.433. The molecule has 0 unspecified atom stereocenters. The molecule has 4 heteroatoms. The number of anilines is 1. The van der Waals surface area contributed by atoms with Gasteiger partial charge in [0.2, 0.25) is 0 Å². The van der Waals surface area contributed by atoms with Crippen molar-refractivity contribution < 1.29 is 5.11 Å². The van der Waals surface area contributed by atoms with Gasteiger partial charge in [0, 0.05) is 5.56 Å². The number of nitrogen functional groups attached to an aromatic ring is 1. The zero-order chi connectivity index (χ0) is 8.97. The molecule has 0 saturated carbocycles. The topological polar surface area (TPSA) is 82.1 Å². The van der Waals surface area contributed by atoms with Gasteiger partial charge in [-0.3, -0.25) is 5.84 Å². The summed E-state index contributed by atoms with van der Waals surface area (Å²) in [6.45, 7) is -0.130. The van der Waals surface area contributed by atoms with Crippen LogP contribution >= 0.6 is 0 Å². The van der Waals surface area contributed by atoms with E-state index in [1.165, 1.54) is 0 Å². The summed E-state index contributed by atoms with van der Waals surface area (Å²) in [7, 11) is 0. The Morgan fingerprint density at radius 2 is 2.33 bits per heavy atom. The number of aliphatic hydroxyl groups is 1. The van der Waals surface area contributed by atoms with Crippen LogP contribution in [0.5, 0.6) is 0 Å². The lowest BCUT2D eigenvalue weighted by Gasteiger charge is -2.06. The predicted octanol–water partition coefficient (Wildman–Crippen LogP) is 0.336. The van der Waals surface area contributed by atoms with Gasteiger partial charge in [-0.15, -0.1) is 0 Å². The van der Waals surface area contributed by atoms with Crippen molar-refractivity contribution in [2.75, 3.05) is 5.43 Å². The third-order valence-corrected chi connectivity index (χ3v) is 1.59. The second-order valence-electron chi connectivity index (χ2n) is 2.25. The van der Waals surface area contributed by atoms with Gasteiger partial charge in [0.05, 0.1) is 17.9 Å². The number of rotatable bonds is 2. The van der Waals surface area contributed by atoms with Crippen molar-refractivity contribution in [3.8, 4) is 6.07 Å². The Morgan fingerprint density at radius 1 is 1.58 bits per heavy atom. The lowest BCUT2D eigenvalue weighted by molar-refractivity contribution is 0.282. The second kappa shape index (κ2) is 3.72. The highest BCUT2D eigenvalue weighted by molar-refractivity contribution is 5.61. The van der Waals surface area contributed by atoms with Crippen molar-refractivity contribution in [1.82, 2.24) is 0 Å². The van der Waals surface area contributed by atoms with Gasteiger partial charge in [0.1, 0.15) is 6.07 Å². The molecule has 0 fully saturated rings. The molecule has 1 aromatic carbocycles. The summed E-state index contributed by atoms with van der Waals surface area (Å²) in [5.41, 5.74) is 3.93. The number of aliphatic hydroxyl groups excluding tert-OH is 1. The van der Waals surface area contributed by atoms with Gasteiger partial charge in [-0.05, 0) is 6.07 Å². The van der Waals surface area contributed by atoms with E-state index in [4.69, 9.17) is 16.2 Å². The molecular formula is C8H9N3O. The van der Waals surface area contributed by atoms with Crippen LogP contribution in [0.4, 0.5) is 5.69 Å². The highest BCUT2D eigenvalue weighted by atomic mass is 16.3. The van der Waals surface area contributed by atoms with Crippen LogP contribution in [0.2, 0.25) is 0 Å². The molecule has 0 aliphatic heterocycles. The first-order valence-corrected chi connectivity index (χ1v) is 3.43. The fourth-order valence-corrected chi connectivity index (χ4v) is 0.996. The molecule has 4 nitrogen and oxygen atoms in total. The van der Waals surface area contributed by atoms with Gasteiger partial charge < -0.3 is 10.5 Å². The molecule has 62 valence electrons. The van der Waals surface area contributed by atoms with Crippen molar-refractivity contribution in [2.45, 2.75) is 6.61 Å². The SMILES string of the molecule is N#Cc1cccc(CO)c1NN. The number of benzene rings is 1. The average Bonchev–Trinajstić information content (AvgIpc) is 2.16. The summed E-state index contributed by atoms with van der Waals surface area (Å²) < 4.78 is 0. The maximum absolute atomic E-state index is 8.86. The van der Waals surface area contributed by atoms with Gasteiger partial charge >= 0.3 is 0 Å². The number of hydrogen-bond acceptors (Lipinski definition) is 4. The van der Waals surface area contributed by atoms with Crippen LogP contribution in [0.3, 0.4) is 0 Å². The molecular weight excluding hydrogens is 154 g/mol. The largest absolute Gasteiger partial charge is 0.392 e. The summed E-state index contributed by atoms with van der Waals surface area (Å²) in [6.07, 6.45) is 0. The summed E-state index contributed by atoms with van der Waals surface area (Å²) >= 11 is 0. The van der Waals surface area contributed by atoms with E-state index in [0.717, 1.165) is 0 Å². The fourth-order valence-electron chi connectivity index (χ4n) is 0.996. The van der Waals surface area contributed by atoms with Crippen LogP contribution < -0.4 is 11.3 Å². The molecule has 1 rings (SSSR count). The monoisotopic (exact) mass is 163 g/mol. The number of para-hydroxylation sites is 1. The Bertz CT molecular complexity index is 317. The highest BCUT2D eigenvalue weighted by Gasteiger charge is 2.04. The third-order valence-electron chi connectivity index (χ3n) is 1.59. The van der Waals surface area contributed by atoms with E-state index in [1.54, 1.807) is 18.2 Å². The van der Waals surface area contributed by atoms with Gasteiger partial charge in [0.15, 0.2) is 0 Å². The molecule has 0 aromatic heterocycles. The molecule has 0 aliphatic rings. The number of nitriles is 1. The smallest absolute Gasteiger partial charge is 0.101 e. The molecule has 0 bridgehead atoms. The van der Waals surface area contributed by atoms with Crippen LogP contribution in [-0.4, -0.2) is 5.11 Å². The number of nitrogens with zero attached hydrogens (tertiary/aromatic N) is 1. The average molecular weight is 163 g/mol. The van der Waals surface area contributed by atoms with Gasteiger partial charge in [-0.2, -0.15) is 5.26 Å². The zero-order valence-corrected chi connectivity index (χ0v) is 6.41. The predicted molar refractivity (Wildman–Crippen MR) is 44.9 cm³/mol. The Kier molecular flexibility index (Phi) is 2.64. The Balaban J connectivity index is 3.24. The van der Waals surface area contributed by atoms with Crippen molar-refractivity contribution in [3.63, 3.8) is 0 Å². The molecule has 1 aromatic rings. The van der Waals surface area contributed by atoms with Crippen LogP contribution in [0, 0.1) is 11.3 Å². The lowest BCUT2D eigenvalue weighted by Crippen LogP contribution is -2.10. The Morgan fingerprint density at radius 3 is 2.83 bits per heavy atom. The Labute approximate surface area is 70.2 Å². The number of hydrazine groups is 1. The van der Waals surface area contributed by atoms with E-state index in [0.29, 0.717) is 16.8 Å². The standard InChI is InChI=1S/C8H9N3O/c9-4-6-2-1-3-7(5-12)8(6)11-10/h1-3,11-12H,5,10H2. The minimum atomic E-state index is -0.130. The summed E-state index contributed by atoms with van der Waals surface area (Å²) in [5, 5.41) is 17.5. The molecule has 0 aliphatic carbocycles. The van der Waals surface area contributed by atoms with Crippen LogP contribution in [0.1, 0.15) is 11.1 Å². The van der Waals surface area contributed by atoms with Crippen molar-refractivity contribution in [3.05, 3.63) is 29.3 Å². The van der Waals surface area contributed by atoms with Crippen LogP contribution in [-0.2, 0) is 6.61 Å². The van der Waals surface area contributed by atoms with Crippen molar-refractivity contribution in [2.24, 2.45) is 5.84 Å². The van der Waals surface area contributed by atoms with E-state index in [2.05, 4.69) is 5.43 Å². The van der Waals surface area contributed by atoms with Gasteiger partial charge in [-0.1, -0.05) is 12.1 Å². The first-order chi connectivity index (χ1) is 5.83. The molecule has 0 saturated heterocycles. The molecule has 0 heterocycles. The minimum Gasteiger partial charge on any atom is -0.392 e. The Hall–Kier alpha value is -1.57. The van der Waals surface area contributed by atoms with E-state index in [-0.39, 0.29) is 6.61 Å². The normalized spacial score (nSPS) is 9.08. The van der Waals surface area contributed by atoms with E-state index < -0.39 is 0 Å². The van der Waals surface area contributed by atoms with Crippen LogP contribution in [0.25, 0.3) is 0 Å². The lowest BCUT2D eigenvalue weighted by atomic mass is 10.1. The number of nitrogens with two attached hydrogens (primary N) is 1. The van der Waals surface area contributed by atoms with Gasteiger partial charge in [-0.25, -0.2) is 0 Å². The van der Waals surface area contributed by atoms with E-state index in [1.807, 2.05) is 6.07 Å². The second-order valence-corrected chi connectivity index (χ2v) is 2.25. The molecule has 12 heavy (non-hydrogen) atoms. The maximum atomic E-state index is 8.86. The highest BCUT2D eigenvalue weighted by Crippen LogP contribution is 2.18. The van der Waals surface area contributed by atoms with Crippen LogP contribution in [0.15, 0.2) is 18.2 Å². The third kappa shape index (κ3) is 1.37. The number of hydrogen-bond donors (Lipinski definition) is 3. The first kappa shape index (κ1) is 8.53. The van der Waals surface area contributed by atoms with Gasteiger partial charge in [0.25, 0.3) is 0 Å². The summed E-state index contributed by atoms with van der Waals surface area (Å²) in [5.74, 6) is 5.19. The molecule has 0 atom stereocenters. The minimum absolute atomic E-state index is 0.130. The molecule has 0 spiro atoms.